The molecule has 43 heavy (non-hydrogen) atoms. The Morgan fingerprint density at radius 3 is 2.47 bits per heavy atom. The second-order valence-electron chi connectivity index (χ2n) is 11.6. The average Bonchev–Trinajstić information content (AvgIpc) is 3.79. The van der Waals surface area contributed by atoms with E-state index >= 15 is 0 Å². The maximum Gasteiger partial charge on any atom is 0.162 e. The summed E-state index contributed by atoms with van der Waals surface area (Å²) in [4.78, 5) is 5.23. The first-order chi connectivity index (χ1) is 21.3. The standard InChI is InChI=1S/C38H21N3OS/c1-5-11-30-23(8-1)34-31(42-30)19-26-36-38(40-28-10-4-3-9-27(28)39-36)41-29-15-13-20(18-25(29)35(34)37(26)41)21-14-16-33-24(17-21)22-7-2-6-12-32(22)43-33/h1-19,27,39H. The minimum absolute atomic E-state index is 0.0655. The molecule has 4 aromatic heterocycles. The lowest BCUT2D eigenvalue weighted by molar-refractivity contribution is 0.669. The number of nitrogens with zero attached hydrogens (tertiary/aromatic N) is 2. The van der Waals surface area contributed by atoms with Crippen molar-refractivity contribution in [1.82, 2.24) is 4.40 Å². The highest BCUT2D eigenvalue weighted by Crippen LogP contribution is 2.51. The predicted octanol–water partition coefficient (Wildman–Crippen LogP) is 10.6. The zero-order valence-electron chi connectivity index (χ0n) is 22.8. The summed E-state index contributed by atoms with van der Waals surface area (Å²) < 4.78 is 11.5. The SMILES string of the molecule is C1=CC2=Nc3c(c4cc5oc6ccccc6c5c5c6cc(-c7ccc8sc9ccccc9c8c7)ccc6n3c45)NC2C=C1. The number of para-hydroxylation sites is 1. The van der Waals surface area contributed by atoms with E-state index in [-0.39, 0.29) is 6.04 Å². The van der Waals surface area contributed by atoms with Crippen LogP contribution in [0.25, 0.3) is 80.4 Å². The number of thiophene rings is 1. The van der Waals surface area contributed by atoms with Gasteiger partial charge < -0.3 is 9.73 Å². The quantitative estimate of drug-likeness (QED) is 0.214. The van der Waals surface area contributed by atoms with E-state index < -0.39 is 0 Å². The molecule has 5 aromatic carbocycles. The van der Waals surface area contributed by atoms with Crippen LogP contribution < -0.4 is 5.32 Å². The second kappa shape index (κ2) is 7.71. The van der Waals surface area contributed by atoms with Gasteiger partial charge in [-0.2, -0.15) is 0 Å². The number of furan rings is 1. The van der Waals surface area contributed by atoms with Gasteiger partial charge in [-0.1, -0.05) is 66.8 Å². The molecule has 1 atom stereocenters. The molecule has 5 heteroatoms. The number of aliphatic imine (C=N–C) groups is 1. The Balaban J connectivity index is 1.27. The fourth-order valence-corrected chi connectivity index (χ4v) is 8.52. The fraction of sp³-hybridized carbons (Fsp3) is 0.0263. The first-order valence-corrected chi connectivity index (χ1v) is 15.4. The molecule has 0 bridgehead atoms. The lowest BCUT2D eigenvalue weighted by Gasteiger charge is -2.23. The van der Waals surface area contributed by atoms with Crippen LogP contribution in [0.5, 0.6) is 0 Å². The topological polar surface area (TPSA) is 41.9 Å². The van der Waals surface area contributed by atoms with Crippen LogP contribution in [-0.4, -0.2) is 16.2 Å². The van der Waals surface area contributed by atoms with Crippen molar-refractivity contribution in [1.29, 1.82) is 0 Å². The smallest absolute Gasteiger partial charge is 0.162 e. The molecule has 1 unspecified atom stereocenters. The molecule has 11 rings (SSSR count). The molecule has 0 spiro atoms. The number of nitrogens with one attached hydrogen (secondary N) is 1. The number of benzene rings is 5. The Morgan fingerprint density at radius 1 is 0.698 bits per heavy atom. The number of aromatic nitrogens is 1. The summed E-state index contributed by atoms with van der Waals surface area (Å²) in [6.07, 6.45) is 8.43. The molecule has 2 aliphatic rings. The van der Waals surface area contributed by atoms with Crippen LogP contribution in [0, 0.1) is 0 Å². The van der Waals surface area contributed by atoms with Gasteiger partial charge in [0.05, 0.1) is 28.5 Å². The molecule has 4 nitrogen and oxygen atoms in total. The first kappa shape index (κ1) is 22.2. The Hall–Kier alpha value is -5.39. The summed E-state index contributed by atoms with van der Waals surface area (Å²) in [6, 6.07) is 33.2. The third-order valence-corrected chi connectivity index (χ3v) is 10.5. The predicted molar refractivity (Wildman–Crippen MR) is 182 cm³/mol. The second-order valence-corrected chi connectivity index (χ2v) is 12.7. The van der Waals surface area contributed by atoms with Gasteiger partial charge in [0.25, 0.3) is 0 Å². The number of allylic oxidation sites excluding steroid dienone is 2. The molecule has 0 fully saturated rings. The molecule has 0 radical (unpaired) electrons. The molecule has 9 aromatic rings. The number of hydrogen-bond acceptors (Lipinski definition) is 4. The molecule has 1 aliphatic carbocycles. The zero-order chi connectivity index (χ0) is 27.8. The van der Waals surface area contributed by atoms with Crippen LogP contribution in [0.2, 0.25) is 0 Å². The summed E-state index contributed by atoms with van der Waals surface area (Å²) in [5, 5.41) is 12.3. The van der Waals surface area contributed by atoms with Crippen molar-refractivity contribution in [3.63, 3.8) is 0 Å². The number of rotatable bonds is 1. The van der Waals surface area contributed by atoms with E-state index in [1.54, 1.807) is 0 Å². The molecular formula is C38H21N3OS. The summed E-state index contributed by atoms with van der Waals surface area (Å²) in [6.45, 7) is 0. The van der Waals surface area contributed by atoms with Gasteiger partial charge in [-0.25, -0.2) is 4.99 Å². The number of fused-ring (bicyclic) bond motifs is 14. The van der Waals surface area contributed by atoms with E-state index in [1.165, 1.54) is 53.0 Å². The highest BCUT2D eigenvalue weighted by molar-refractivity contribution is 7.25. The van der Waals surface area contributed by atoms with Crippen LogP contribution in [0.3, 0.4) is 0 Å². The summed E-state index contributed by atoms with van der Waals surface area (Å²) in [7, 11) is 0. The van der Waals surface area contributed by atoms with Gasteiger partial charge in [0.2, 0.25) is 0 Å². The van der Waals surface area contributed by atoms with Crippen LogP contribution in [0.4, 0.5) is 11.5 Å². The average molecular weight is 568 g/mol. The van der Waals surface area contributed by atoms with Crippen molar-refractivity contribution >= 4 is 97.9 Å². The number of hydrogen-bond donors (Lipinski definition) is 1. The Kier molecular flexibility index (Phi) is 3.99. The highest BCUT2D eigenvalue weighted by Gasteiger charge is 2.30. The van der Waals surface area contributed by atoms with Crippen LogP contribution in [0.15, 0.2) is 125 Å². The van der Waals surface area contributed by atoms with Crippen molar-refractivity contribution < 1.29 is 4.42 Å². The largest absolute Gasteiger partial charge is 0.456 e. The molecule has 0 saturated carbocycles. The number of anilines is 1. The summed E-state index contributed by atoms with van der Waals surface area (Å²) >= 11 is 1.86. The van der Waals surface area contributed by atoms with Gasteiger partial charge in [0.1, 0.15) is 11.2 Å². The Bertz CT molecular complexity index is 2770. The molecule has 200 valence electrons. The van der Waals surface area contributed by atoms with Crippen molar-refractivity contribution in [2.45, 2.75) is 6.04 Å². The Labute approximate surface area is 248 Å². The van der Waals surface area contributed by atoms with E-state index in [2.05, 4.69) is 119 Å². The molecule has 0 amide bonds. The third kappa shape index (κ3) is 2.78. The van der Waals surface area contributed by atoms with Gasteiger partial charge in [-0.3, -0.25) is 4.40 Å². The van der Waals surface area contributed by atoms with Gasteiger partial charge in [-0.05, 0) is 59.7 Å². The van der Waals surface area contributed by atoms with Crippen molar-refractivity contribution in [3.05, 3.63) is 115 Å². The van der Waals surface area contributed by atoms with E-state index in [0.29, 0.717) is 0 Å². The van der Waals surface area contributed by atoms with E-state index in [0.717, 1.165) is 44.7 Å². The molecule has 1 aliphatic heterocycles. The van der Waals surface area contributed by atoms with Crippen molar-refractivity contribution in [3.8, 4) is 11.1 Å². The van der Waals surface area contributed by atoms with Gasteiger partial charge in [0, 0.05) is 47.1 Å². The van der Waals surface area contributed by atoms with Gasteiger partial charge in [-0.15, -0.1) is 11.3 Å². The van der Waals surface area contributed by atoms with Crippen LogP contribution >= 0.6 is 11.3 Å². The molecule has 1 N–H and O–H groups in total. The van der Waals surface area contributed by atoms with E-state index in [9.17, 15) is 0 Å². The normalized spacial score (nSPS) is 16.3. The van der Waals surface area contributed by atoms with Crippen molar-refractivity contribution in [2.24, 2.45) is 4.99 Å². The third-order valence-electron chi connectivity index (χ3n) is 9.32. The van der Waals surface area contributed by atoms with Crippen molar-refractivity contribution in [2.75, 3.05) is 5.32 Å². The lowest BCUT2D eigenvalue weighted by Crippen LogP contribution is -2.29. The minimum Gasteiger partial charge on any atom is -0.456 e. The molecular weight excluding hydrogens is 547 g/mol. The zero-order valence-corrected chi connectivity index (χ0v) is 23.6. The van der Waals surface area contributed by atoms with E-state index in [1.807, 2.05) is 17.4 Å². The maximum absolute atomic E-state index is 6.51. The van der Waals surface area contributed by atoms with Crippen LogP contribution in [0.1, 0.15) is 0 Å². The molecule has 0 saturated heterocycles. The summed E-state index contributed by atoms with van der Waals surface area (Å²) in [5.41, 5.74) is 8.70. The minimum atomic E-state index is 0.0655. The fourth-order valence-electron chi connectivity index (χ4n) is 7.44. The summed E-state index contributed by atoms with van der Waals surface area (Å²) in [5.74, 6) is 0.956. The van der Waals surface area contributed by atoms with Gasteiger partial charge in [0.15, 0.2) is 5.82 Å². The maximum atomic E-state index is 6.51. The van der Waals surface area contributed by atoms with Gasteiger partial charge >= 0.3 is 0 Å². The first-order valence-electron chi connectivity index (χ1n) is 14.6. The van der Waals surface area contributed by atoms with E-state index in [4.69, 9.17) is 9.41 Å². The Morgan fingerprint density at radius 2 is 1.51 bits per heavy atom. The highest BCUT2D eigenvalue weighted by atomic mass is 32.1. The lowest BCUT2D eigenvalue weighted by atomic mass is 9.98. The monoisotopic (exact) mass is 567 g/mol. The molecule has 5 heterocycles. The van der Waals surface area contributed by atoms with Crippen LogP contribution in [-0.2, 0) is 0 Å².